The van der Waals surface area contributed by atoms with Gasteiger partial charge >= 0.3 is 5.97 Å². The monoisotopic (exact) mass is 249 g/mol. The Hall–Kier alpha value is -0.770. The molecule has 0 saturated heterocycles. The van der Waals surface area contributed by atoms with Gasteiger partial charge < -0.3 is 10.5 Å². The lowest BCUT2D eigenvalue weighted by atomic mass is 10.2. The zero-order valence-corrected chi connectivity index (χ0v) is 9.63. The van der Waals surface area contributed by atoms with Crippen LogP contribution in [0.4, 0.5) is 0 Å². The summed E-state index contributed by atoms with van der Waals surface area (Å²) in [4.78, 5) is 11.1. The second kappa shape index (κ2) is 7.51. The van der Waals surface area contributed by atoms with Crippen molar-refractivity contribution in [3.05, 3.63) is 35.9 Å². The number of hydrogen-bond donors (Lipinski definition) is 1. The largest absolute Gasteiger partial charge is 0.460 e. The first-order valence-electron chi connectivity index (χ1n) is 4.26. The predicted molar refractivity (Wildman–Crippen MR) is 62.2 cm³/mol. The molecule has 5 heteroatoms. The molecule has 0 bridgehead atoms. The van der Waals surface area contributed by atoms with Gasteiger partial charge in [0.2, 0.25) is 0 Å². The number of esters is 1. The van der Waals surface area contributed by atoms with E-state index in [2.05, 4.69) is 0 Å². The van der Waals surface area contributed by atoms with Gasteiger partial charge in [-0.05, 0) is 5.56 Å². The van der Waals surface area contributed by atoms with Crippen molar-refractivity contribution in [2.75, 3.05) is 5.88 Å². The van der Waals surface area contributed by atoms with Crippen LogP contribution < -0.4 is 5.73 Å². The summed E-state index contributed by atoms with van der Waals surface area (Å²) in [6, 6.07) is 8.67. The molecular weight excluding hydrogens is 237 g/mol. The molecule has 1 aromatic carbocycles. The normalized spacial score (nSPS) is 11.3. The third kappa shape index (κ3) is 5.02. The highest BCUT2D eigenvalue weighted by Crippen LogP contribution is 2.01. The van der Waals surface area contributed by atoms with Crippen LogP contribution in [-0.4, -0.2) is 17.9 Å². The van der Waals surface area contributed by atoms with Crippen molar-refractivity contribution in [2.24, 2.45) is 5.73 Å². The first kappa shape index (κ1) is 14.2. The number of halogens is 2. The van der Waals surface area contributed by atoms with Gasteiger partial charge in [0.25, 0.3) is 0 Å². The summed E-state index contributed by atoms with van der Waals surface area (Å²) in [6.07, 6.45) is 0. The van der Waals surface area contributed by atoms with Crippen LogP contribution in [0.5, 0.6) is 0 Å². The number of nitrogens with two attached hydrogens (primary N) is 1. The molecule has 3 nitrogen and oxygen atoms in total. The Morgan fingerprint density at radius 2 is 2.00 bits per heavy atom. The summed E-state index contributed by atoms with van der Waals surface area (Å²) in [7, 11) is 0. The fraction of sp³-hybridized carbons (Fsp3) is 0.300. The van der Waals surface area contributed by atoms with Crippen LogP contribution in [0.1, 0.15) is 5.56 Å². The molecule has 1 rings (SSSR count). The lowest BCUT2D eigenvalue weighted by molar-refractivity contribution is -0.145. The Bertz CT molecular complexity index is 293. The van der Waals surface area contributed by atoms with Gasteiger partial charge in [-0.3, -0.25) is 4.79 Å². The second-order valence-corrected chi connectivity index (χ2v) is 3.16. The summed E-state index contributed by atoms with van der Waals surface area (Å²) < 4.78 is 4.93. The molecule has 1 atom stereocenters. The van der Waals surface area contributed by atoms with E-state index >= 15 is 0 Å². The number of alkyl halides is 1. The summed E-state index contributed by atoms with van der Waals surface area (Å²) >= 11 is 5.40. The van der Waals surface area contributed by atoms with Crippen LogP contribution in [0, 0.1) is 0 Å². The molecule has 0 heterocycles. The molecule has 0 saturated carbocycles. The van der Waals surface area contributed by atoms with Gasteiger partial charge in [-0.15, -0.1) is 24.0 Å². The first-order valence-corrected chi connectivity index (χ1v) is 4.79. The fourth-order valence-electron chi connectivity index (χ4n) is 0.899. The third-order valence-corrected chi connectivity index (χ3v) is 2.03. The molecule has 0 aliphatic heterocycles. The second-order valence-electron chi connectivity index (χ2n) is 2.85. The van der Waals surface area contributed by atoms with Gasteiger partial charge in [0.15, 0.2) is 0 Å². The van der Waals surface area contributed by atoms with Gasteiger partial charge in [-0.2, -0.15) is 0 Å². The minimum absolute atomic E-state index is 0. The molecule has 0 aliphatic carbocycles. The molecule has 0 fully saturated rings. The van der Waals surface area contributed by atoms with Gasteiger partial charge in [0, 0.05) is 5.88 Å². The number of carbonyl (C=O) groups excluding carboxylic acids is 1. The predicted octanol–water partition coefficient (Wildman–Crippen LogP) is 1.72. The van der Waals surface area contributed by atoms with Crippen molar-refractivity contribution in [3.8, 4) is 0 Å². The zero-order chi connectivity index (χ0) is 10.4. The standard InChI is InChI=1S/C10H12ClNO2.ClH/c11-6-9(12)10(13)14-7-8-4-2-1-3-5-8;/h1-5,9H,6-7,12H2;1H/t9-;/m0./s1. The third-order valence-electron chi connectivity index (χ3n) is 1.69. The van der Waals surface area contributed by atoms with E-state index in [-0.39, 0.29) is 24.9 Å². The molecule has 84 valence electrons. The summed E-state index contributed by atoms with van der Waals surface area (Å²) in [5, 5.41) is 0. The van der Waals surface area contributed by atoms with Crippen molar-refractivity contribution >= 4 is 30.0 Å². The van der Waals surface area contributed by atoms with Crippen LogP contribution in [0.2, 0.25) is 0 Å². The molecule has 0 radical (unpaired) electrons. The summed E-state index contributed by atoms with van der Waals surface area (Å²) in [5.41, 5.74) is 6.31. The van der Waals surface area contributed by atoms with E-state index in [1.54, 1.807) is 0 Å². The zero-order valence-electron chi connectivity index (χ0n) is 8.06. The molecule has 15 heavy (non-hydrogen) atoms. The first-order chi connectivity index (χ1) is 6.74. The molecule has 0 aliphatic rings. The minimum atomic E-state index is -0.736. The Balaban J connectivity index is 0.00000196. The number of carbonyl (C=O) groups is 1. The van der Waals surface area contributed by atoms with Crippen molar-refractivity contribution < 1.29 is 9.53 Å². The van der Waals surface area contributed by atoms with Gasteiger partial charge in [-0.1, -0.05) is 30.3 Å². The van der Waals surface area contributed by atoms with E-state index in [4.69, 9.17) is 22.1 Å². The molecule has 2 N–H and O–H groups in total. The van der Waals surface area contributed by atoms with Gasteiger partial charge in [0.05, 0.1) is 0 Å². The smallest absolute Gasteiger partial charge is 0.324 e. The van der Waals surface area contributed by atoms with Crippen molar-refractivity contribution in [3.63, 3.8) is 0 Å². The Morgan fingerprint density at radius 1 is 1.40 bits per heavy atom. The maximum atomic E-state index is 11.1. The van der Waals surface area contributed by atoms with E-state index < -0.39 is 12.0 Å². The summed E-state index contributed by atoms with van der Waals surface area (Å²) in [6.45, 7) is 0.240. The van der Waals surface area contributed by atoms with Crippen molar-refractivity contribution in [2.45, 2.75) is 12.6 Å². The molecule has 0 aromatic heterocycles. The highest BCUT2D eigenvalue weighted by molar-refractivity contribution is 6.19. The minimum Gasteiger partial charge on any atom is -0.460 e. The molecule has 0 unspecified atom stereocenters. The molecule has 0 amide bonds. The topological polar surface area (TPSA) is 52.3 Å². The lowest BCUT2D eigenvalue weighted by Gasteiger charge is -2.08. The van der Waals surface area contributed by atoms with Gasteiger partial charge in [-0.25, -0.2) is 0 Å². The highest BCUT2D eigenvalue weighted by atomic mass is 35.5. The average molecular weight is 250 g/mol. The molecule has 0 spiro atoms. The number of ether oxygens (including phenoxy) is 1. The van der Waals surface area contributed by atoms with Crippen LogP contribution in [0.15, 0.2) is 30.3 Å². The summed E-state index contributed by atoms with van der Waals surface area (Å²) in [5.74, 6) is -0.392. The molecule has 1 aromatic rings. The maximum absolute atomic E-state index is 11.1. The van der Waals surface area contributed by atoms with E-state index in [1.165, 1.54) is 0 Å². The van der Waals surface area contributed by atoms with E-state index in [9.17, 15) is 4.79 Å². The number of hydrogen-bond acceptors (Lipinski definition) is 3. The van der Waals surface area contributed by atoms with E-state index in [0.717, 1.165) is 5.56 Å². The van der Waals surface area contributed by atoms with Crippen LogP contribution >= 0.6 is 24.0 Å². The van der Waals surface area contributed by atoms with Crippen LogP contribution in [0.3, 0.4) is 0 Å². The number of benzene rings is 1. The molecular formula is C10H13Cl2NO2. The average Bonchev–Trinajstić information content (AvgIpc) is 2.26. The number of rotatable bonds is 4. The highest BCUT2D eigenvalue weighted by Gasteiger charge is 2.12. The van der Waals surface area contributed by atoms with Crippen molar-refractivity contribution in [1.82, 2.24) is 0 Å². The fourth-order valence-corrected chi connectivity index (χ4v) is 1.02. The van der Waals surface area contributed by atoms with E-state index in [0.29, 0.717) is 0 Å². The van der Waals surface area contributed by atoms with Crippen LogP contribution in [0.25, 0.3) is 0 Å². The SMILES string of the molecule is Cl.N[C@@H](CCl)C(=O)OCc1ccccc1. The Kier molecular flexibility index (Phi) is 7.13. The van der Waals surface area contributed by atoms with Crippen LogP contribution in [-0.2, 0) is 16.1 Å². The lowest BCUT2D eigenvalue weighted by Crippen LogP contribution is -2.33. The maximum Gasteiger partial charge on any atom is 0.324 e. The van der Waals surface area contributed by atoms with Gasteiger partial charge in [0.1, 0.15) is 12.6 Å². The Labute approximate surface area is 100.0 Å². The Morgan fingerprint density at radius 3 is 2.53 bits per heavy atom. The van der Waals surface area contributed by atoms with Crippen molar-refractivity contribution in [1.29, 1.82) is 0 Å². The quantitative estimate of drug-likeness (QED) is 0.653. The van der Waals surface area contributed by atoms with E-state index in [1.807, 2.05) is 30.3 Å².